The maximum atomic E-state index is 12.5. The second-order valence-electron chi connectivity index (χ2n) is 8.50. The third-order valence-electron chi connectivity index (χ3n) is 6.47. The van der Waals surface area contributed by atoms with Crippen LogP contribution in [0.3, 0.4) is 0 Å². The molecule has 6 heteroatoms. The Kier molecular flexibility index (Phi) is 4.89. The van der Waals surface area contributed by atoms with Gasteiger partial charge in [0.25, 0.3) is 0 Å². The topological polar surface area (TPSA) is 89.9 Å². The molecule has 2 aliphatic carbocycles. The zero-order chi connectivity index (χ0) is 19.9. The van der Waals surface area contributed by atoms with Crippen LogP contribution in [0.4, 0.5) is 0 Å². The number of ether oxygens (including phenoxy) is 2. The predicted molar refractivity (Wildman–Crippen MR) is 97.4 cm³/mol. The molecular formula is C21H26O6. The summed E-state index contributed by atoms with van der Waals surface area (Å²) in [4.78, 5) is 35.0. The molecule has 0 bridgehead atoms. The van der Waals surface area contributed by atoms with Gasteiger partial charge in [-0.15, -0.1) is 0 Å². The highest BCUT2D eigenvalue weighted by molar-refractivity contribution is 5.88. The van der Waals surface area contributed by atoms with Crippen molar-refractivity contribution in [1.82, 2.24) is 0 Å². The van der Waals surface area contributed by atoms with Crippen molar-refractivity contribution in [2.24, 2.45) is 16.7 Å². The zero-order valence-corrected chi connectivity index (χ0v) is 15.9. The lowest BCUT2D eigenvalue weighted by Gasteiger charge is -2.59. The van der Waals surface area contributed by atoms with Crippen LogP contribution in [-0.4, -0.2) is 41.6 Å². The Bertz CT molecular complexity index is 746. The number of cyclic esters (lactones) is 1. The average molecular weight is 374 g/mol. The minimum atomic E-state index is -1.67. The van der Waals surface area contributed by atoms with E-state index in [4.69, 9.17) is 9.47 Å². The Labute approximate surface area is 158 Å². The molecule has 2 fully saturated rings. The summed E-state index contributed by atoms with van der Waals surface area (Å²) < 4.78 is 10.9. The van der Waals surface area contributed by atoms with Gasteiger partial charge in [0.05, 0.1) is 0 Å². The van der Waals surface area contributed by atoms with Gasteiger partial charge in [0.15, 0.2) is 5.60 Å². The van der Waals surface area contributed by atoms with Crippen molar-refractivity contribution in [2.75, 3.05) is 6.61 Å². The van der Waals surface area contributed by atoms with Gasteiger partial charge in [-0.3, -0.25) is 4.79 Å². The smallest absolute Gasteiger partial charge is 0.343 e. The van der Waals surface area contributed by atoms with Crippen LogP contribution in [0.1, 0.15) is 40.0 Å². The number of aliphatic hydroxyl groups is 1. The van der Waals surface area contributed by atoms with E-state index in [2.05, 4.69) is 13.8 Å². The molecule has 1 heterocycles. The molecule has 6 nitrogen and oxygen atoms in total. The van der Waals surface area contributed by atoms with Crippen molar-refractivity contribution in [3.8, 4) is 0 Å². The molecule has 3 aliphatic rings. The number of hydrogen-bond acceptors (Lipinski definition) is 6. The Hall–Kier alpha value is -2.21. The van der Waals surface area contributed by atoms with E-state index < -0.39 is 29.1 Å². The van der Waals surface area contributed by atoms with E-state index in [1.54, 1.807) is 6.08 Å². The highest BCUT2D eigenvalue weighted by Gasteiger charge is 2.69. The number of allylic oxidation sites excluding steroid dienone is 3. The van der Waals surface area contributed by atoms with Crippen LogP contribution in [0.2, 0.25) is 0 Å². The molecular weight excluding hydrogens is 348 g/mol. The van der Waals surface area contributed by atoms with Gasteiger partial charge in [-0.05, 0) is 30.4 Å². The van der Waals surface area contributed by atoms with Crippen LogP contribution in [0.15, 0.2) is 36.0 Å². The minimum absolute atomic E-state index is 0.0179. The zero-order valence-electron chi connectivity index (χ0n) is 15.9. The SMILES string of the molecule is CC1(C)CCC[C@@]2(C)[C@H]1[C@H](OC(=O)/C=C/C=C/C=O)C=C1COC(=O)[C@@]12O. The maximum Gasteiger partial charge on any atom is 0.343 e. The van der Waals surface area contributed by atoms with Crippen molar-refractivity contribution in [2.45, 2.75) is 51.7 Å². The summed E-state index contributed by atoms with van der Waals surface area (Å²) in [5, 5.41) is 11.4. The summed E-state index contributed by atoms with van der Waals surface area (Å²) in [6.45, 7) is 6.09. The lowest BCUT2D eigenvalue weighted by molar-refractivity contribution is -0.194. The van der Waals surface area contributed by atoms with E-state index in [0.717, 1.165) is 12.8 Å². The van der Waals surface area contributed by atoms with Crippen molar-refractivity contribution in [3.63, 3.8) is 0 Å². The number of rotatable bonds is 4. The first kappa shape index (κ1) is 19.5. The molecule has 0 radical (unpaired) electrons. The molecule has 27 heavy (non-hydrogen) atoms. The van der Waals surface area contributed by atoms with E-state index in [1.165, 1.54) is 24.3 Å². The molecule has 4 atom stereocenters. The highest BCUT2D eigenvalue weighted by Crippen LogP contribution is 2.63. The maximum absolute atomic E-state index is 12.5. The summed E-state index contributed by atoms with van der Waals surface area (Å²) in [5.41, 5.74) is -2.20. The summed E-state index contributed by atoms with van der Waals surface area (Å²) >= 11 is 0. The lowest BCUT2D eigenvalue weighted by atomic mass is 9.46. The van der Waals surface area contributed by atoms with Crippen molar-refractivity contribution >= 4 is 18.2 Å². The van der Waals surface area contributed by atoms with Crippen molar-refractivity contribution in [3.05, 3.63) is 36.0 Å². The molecule has 146 valence electrons. The van der Waals surface area contributed by atoms with Gasteiger partial charge in [-0.1, -0.05) is 39.3 Å². The number of hydrogen-bond donors (Lipinski definition) is 1. The molecule has 1 saturated carbocycles. The molecule has 0 amide bonds. The summed E-state index contributed by atoms with van der Waals surface area (Å²) in [5.74, 6) is -1.38. The number of aldehydes is 1. The minimum Gasteiger partial charge on any atom is -0.459 e. The van der Waals surface area contributed by atoms with Gasteiger partial charge in [0.1, 0.15) is 19.0 Å². The van der Waals surface area contributed by atoms with Crippen LogP contribution < -0.4 is 0 Å². The third-order valence-corrected chi connectivity index (χ3v) is 6.47. The van der Waals surface area contributed by atoms with Gasteiger partial charge in [0, 0.05) is 23.0 Å². The molecule has 1 N–H and O–H groups in total. The van der Waals surface area contributed by atoms with E-state index in [-0.39, 0.29) is 17.9 Å². The molecule has 1 saturated heterocycles. The van der Waals surface area contributed by atoms with Crippen LogP contribution in [0.5, 0.6) is 0 Å². The van der Waals surface area contributed by atoms with Crippen LogP contribution >= 0.6 is 0 Å². The number of carbonyl (C=O) groups excluding carboxylic acids is 3. The fourth-order valence-electron chi connectivity index (χ4n) is 5.36. The van der Waals surface area contributed by atoms with E-state index >= 15 is 0 Å². The first-order valence-electron chi connectivity index (χ1n) is 9.27. The fraction of sp³-hybridized carbons (Fsp3) is 0.571. The van der Waals surface area contributed by atoms with E-state index in [0.29, 0.717) is 18.3 Å². The van der Waals surface area contributed by atoms with Crippen LogP contribution in [0.25, 0.3) is 0 Å². The molecule has 1 aliphatic heterocycles. The Morgan fingerprint density at radius 1 is 1.26 bits per heavy atom. The Morgan fingerprint density at radius 3 is 2.70 bits per heavy atom. The first-order valence-corrected chi connectivity index (χ1v) is 9.27. The fourth-order valence-corrected chi connectivity index (χ4v) is 5.36. The largest absolute Gasteiger partial charge is 0.459 e. The molecule has 0 aromatic heterocycles. The number of carbonyl (C=O) groups is 3. The van der Waals surface area contributed by atoms with Crippen LogP contribution in [0, 0.1) is 16.7 Å². The molecule has 0 unspecified atom stereocenters. The van der Waals surface area contributed by atoms with Gasteiger partial charge in [0.2, 0.25) is 0 Å². The predicted octanol–water partition coefficient (Wildman–Crippen LogP) is 2.27. The third kappa shape index (κ3) is 2.96. The number of fused-ring (bicyclic) bond motifs is 3. The molecule has 0 aromatic rings. The summed E-state index contributed by atoms with van der Waals surface area (Å²) in [6.07, 6.45) is 9.59. The second-order valence-corrected chi connectivity index (χ2v) is 8.50. The molecule has 0 aromatic carbocycles. The van der Waals surface area contributed by atoms with Crippen molar-refractivity contribution < 1.29 is 29.0 Å². The van der Waals surface area contributed by atoms with Crippen LogP contribution in [-0.2, 0) is 23.9 Å². The quantitative estimate of drug-likeness (QED) is 0.267. The standard InChI is InChI=1S/C21H26O6/c1-19(2)9-7-10-20(3)17(19)15(27-16(23)8-5-4-6-11-22)12-14-13-26-18(24)21(14,20)25/h4-6,8,11-12,15,17,25H,7,9-10,13H2,1-3H3/b6-4+,8-5+/t15-,17+,20+,21+/m1/s1. The monoisotopic (exact) mass is 374 g/mol. The summed E-state index contributed by atoms with van der Waals surface area (Å²) in [7, 11) is 0. The normalized spacial score (nSPS) is 37.5. The molecule has 3 rings (SSSR count). The van der Waals surface area contributed by atoms with Gasteiger partial charge < -0.3 is 14.6 Å². The van der Waals surface area contributed by atoms with Gasteiger partial charge in [-0.25, -0.2) is 9.59 Å². The number of esters is 2. The van der Waals surface area contributed by atoms with E-state index in [1.807, 2.05) is 6.92 Å². The van der Waals surface area contributed by atoms with Crippen molar-refractivity contribution in [1.29, 1.82) is 0 Å². The molecule has 0 spiro atoms. The van der Waals surface area contributed by atoms with E-state index in [9.17, 15) is 19.5 Å². The summed E-state index contributed by atoms with van der Waals surface area (Å²) in [6, 6.07) is 0. The Morgan fingerprint density at radius 2 is 2.00 bits per heavy atom. The average Bonchev–Trinajstić information content (AvgIpc) is 2.88. The van der Waals surface area contributed by atoms with Gasteiger partial charge in [-0.2, -0.15) is 0 Å². The van der Waals surface area contributed by atoms with Gasteiger partial charge >= 0.3 is 11.9 Å². The first-order chi connectivity index (χ1) is 12.7. The second kappa shape index (κ2) is 6.75. The highest BCUT2D eigenvalue weighted by atomic mass is 16.6. The Balaban J connectivity index is 1.98. The lowest BCUT2D eigenvalue weighted by Crippen LogP contribution is -2.65.